The van der Waals surface area contributed by atoms with Crippen LogP contribution >= 0.6 is 22.9 Å². The molecule has 2 aromatic heterocycles. The minimum Gasteiger partial charge on any atom is -0.324 e. The summed E-state index contributed by atoms with van der Waals surface area (Å²) in [6.45, 7) is 0. The molecule has 4 rings (SSSR count). The van der Waals surface area contributed by atoms with Gasteiger partial charge in [0.1, 0.15) is 16.5 Å². The van der Waals surface area contributed by atoms with E-state index in [1.54, 1.807) is 30.3 Å². The molecule has 2 aromatic carbocycles. The standard InChI is InChI=1S/C20H14ClFN4O2S/c21-15-6-1-2-7-16(15)23-17(27)10-13-9-14-18(25-26-20(14)29-13)24-19(28)11-4-3-5-12(22)8-11/h1-9H,10H2,(H,23,27)(H2,24,25,26,28). The van der Waals surface area contributed by atoms with Crippen LogP contribution in [-0.2, 0) is 11.2 Å². The van der Waals surface area contributed by atoms with Crippen molar-refractivity contribution in [3.8, 4) is 0 Å². The lowest BCUT2D eigenvalue weighted by atomic mass is 10.2. The van der Waals surface area contributed by atoms with Crippen LogP contribution in [0.2, 0.25) is 5.02 Å². The number of thiophene rings is 1. The van der Waals surface area contributed by atoms with Crippen molar-refractivity contribution in [3.05, 3.63) is 75.9 Å². The smallest absolute Gasteiger partial charge is 0.256 e. The third-order valence-electron chi connectivity index (χ3n) is 4.11. The Balaban J connectivity index is 1.48. The average Bonchev–Trinajstić information content (AvgIpc) is 3.24. The average molecular weight is 429 g/mol. The predicted octanol–water partition coefficient (Wildman–Crippen LogP) is 4.85. The van der Waals surface area contributed by atoms with Crippen molar-refractivity contribution < 1.29 is 14.0 Å². The Labute approximate surface area is 173 Å². The number of H-pyrrole nitrogens is 1. The molecule has 0 aliphatic rings. The fourth-order valence-corrected chi connectivity index (χ4v) is 3.95. The van der Waals surface area contributed by atoms with Gasteiger partial charge in [-0.05, 0) is 36.4 Å². The molecule has 3 N–H and O–H groups in total. The molecular formula is C20H14ClFN4O2S. The van der Waals surface area contributed by atoms with Crippen LogP contribution in [0, 0.1) is 5.82 Å². The molecule has 0 radical (unpaired) electrons. The van der Waals surface area contributed by atoms with E-state index in [0.717, 1.165) is 10.9 Å². The van der Waals surface area contributed by atoms with E-state index in [2.05, 4.69) is 20.8 Å². The molecule has 0 saturated heterocycles. The van der Waals surface area contributed by atoms with E-state index >= 15 is 0 Å². The van der Waals surface area contributed by atoms with Crippen LogP contribution in [0.25, 0.3) is 10.2 Å². The fourth-order valence-electron chi connectivity index (χ4n) is 2.77. The van der Waals surface area contributed by atoms with Gasteiger partial charge in [-0.25, -0.2) is 4.39 Å². The molecule has 0 aliphatic heterocycles. The molecule has 2 amide bonds. The Morgan fingerprint density at radius 3 is 2.72 bits per heavy atom. The summed E-state index contributed by atoms with van der Waals surface area (Å²) < 4.78 is 13.3. The minimum absolute atomic E-state index is 0.142. The molecule has 4 aromatic rings. The highest BCUT2D eigenvalue weighted by atomic mass is 35.5. The number of nitrogens with zero attached hydrogens (tertiary/aromatic N) is 1. The van der Waals surface area contributed by atoms with Gasteiger partial charge in [0.15, 0.2) is 0 Å². The van der Waals surface area contributed by atoms with Gasteiger partial charge >= 0.3 is 0 Å². The summed E-state index contributed by atoms with van der Waals surface area (Å²) in [7, 11) is 0. The number of anilines is 2. The summed E-state index contributed by atoms with van der Waals surface area (Å²) in [5.74, 6) is -0.770. The molecule has 0 unspecified atom stereocenters. The van der Waals surface area contributed by atoms with Gasteiger partial charge in [0.05, 0.1) is 22.5 Å². The van der Waals surface area contributed by atoms with Crippen LogP contribution in [0.4, 0.5) is 15.9 Å². The van der Waals surface area contributed by atoms with Crippen LogP contribution < -0.4 is 10.6 Å². The van der Waals surface area contributed by atoms with Crippen LogP contribution in [0.5, 0.6) is 0 Å². The number of aromatic nitrogens is 2. The SMILES string of the molecule is O=C(Cc1cc2c(NC(=O)c3cccc(F)c3)[nH]nc2s1)Nc1ccccc1Cl. The molecule has 0 aliphatic carbocycles. The Kier molecular flexibility index (Phi) is 5.28. The monoisotopic (exact) mass is 428 g/mol. The highest BCUT2D eigenvalue weighted by Gasteiger charge is 2.16. The van der Waals surface area contributed by atoms with E-state index < -0.39 is 11.7 Å². The normalized spacial score (nSPS) is 10.8. The first-order chi connectivity index (χ1) is 14.0. The second-order valence-corrected chi connectivity index (χ2v) is 7.72. The molecule has 0 saturated carbocycles. The molecule has 146 valence electrons. The maximum Gasteiger partial charge on any atom is 0.256 e. The Morgan fingerprint density at radius 2 is 1.93 bits per heavy atom. The molecule has 0 bridgehead atoms. The number of halogens is 2. The molecular weight excluding hydrogens is 415 g/mol. The zero-order valence-electron chi connectivity index (χ0n) is 14.8. The summed E-state index contributed by atoms with van der Waals surface area (Å²) in [6.07, 6.45) is 0.142. The topological polar surface area (TPSA) is 86.9 Å². The quantitative estimate of drug-likeness (QED) is 0.424. The summed E-state index contributed by atoms with van der Waals surface area (Å²) in [5, 5.41) is 13.5. The zero-order valence-corrected chi connectivity index (χ0v) is 16.4. The molecule has 0 fully saturated rings. The van der Waals surface area contributed by atoms with Crippen molar-refractivity contribution >= 4 is 56.5 Å². The number of hydrogen-bond donors (Lipinski definition) is 3. The Morgan fingerprint density at radius 1 is 1.10 bits per heavy atom. The number of fused-ring (bicyclic) bond motifs is 1. The van der Waals surface area contributed by atoms with Gasteiger partial charge in [-0.15, -0.1) is 11.3 Å². The highest BCUT2D eigenvalue weighted by molar-refractivity contribution is 7.18. The van der Waals surface area contributed by atoms with Gasteiger partial charge in [0.2, 0.25) is 5.91 Å². The zero-order chi connectivity index (χ0) is 20.4. The van der Waals surface area contributed by atoms with Gasteiger partial charge in [-0.1, -0.05) is 29.8 Å². The summed E-state index contributed by atoms with van der Waals surface area (Å²) in [6, 6.07) is 14.2. The largest absolute Gasteiger partial charge is 0.324 e. The van der Waals surface area contributed by atoms with Gasteiger partial charge in [-0.3, -0.25) is 14.7 Å². The minimum atomic E-state index is -0.491. The second kappa shape index (κ2) is 8.02. The van der Waals surface area contributed by atoms with Crippen molar-refractivity contribution in [2.45, 2.75) is 6.42 Å². The summed E-state index contributed by atoms with van der Waals surface area (Å²) in [5.41, 5.74) is 0.742. The molecule has 2 heterocycles. The van der Waals surface area contributed by atoms with Crippen molar-refractivity contribution in [3.63, 3.8) is 0 Å². The van der Waals surface area contributed by atoms with Crippen molar-refractivity contribution in [2.24, 2.45) is 0 Å². The third-order valence-corrected chi connectivity index (χ3v) is 5.47. The predicted molar refractivity (Wildman–Crippen MR) is 112 cm³/mol. The first kappa shape index (κ1) is 19.1. The third kappa shape index (κ3) is 4.28. The van der Waals surface area contributed by atoms with E-state index in [1.165, 1.54) is 29.5 Å². The number of carbonyl (C=O) groups excluding carboxylic acids is 2. The molecule has 29 heavy (non-hydrogen) atoms. The van der Waals surface area contributed by atoms with Crippen LogP contribution in [0.15, 0.2) is 54.6 Å². The van der Waals surface area contributed by atoms with Crippen LogP contribution in [0.1, 0.15) is 15.2 Å². The van der Waals surface area contributed by atoms with Crippen molar-refractivity contribution in [1.82, 2.24) is 10.2 Å². The van der Waals surface area contributed by atoms with E-state index in [0.29, 0.717) is 26.7 Å². The van der Waals surface area contributed by atoms with Gasteiger partial charge in [-0.2, -0.15) is 5.10 Å². The van der Waals surface area contributed by atoms with Gasteiger partial charge in [0, 0.05) is 10.4 Å². The maximum atomic E-state index is 13.3. The lowest BCUT2D eigenvalue weighted by Gasteiger charge is -2.05. The van der Waals surface area contributed by atoms with E-state index in [4.69, 9.17) is 11.6 Å². The van der Waals surface area contributed by atoms with Gasteiger partial charge < -0.3 is 10.6 Å². The van der Waals surface area contributed by atoms with Crippen LogP contribution in [0.3, 0.4) is 0 Å². The molecule has 0 spiro atoms. The Hall–Kier alpha value is -3.23. The van der Waals surface area contributed by atoms with Crippen LogP contribution in [-0.4, -0.2) is 22.0 Å². The van der Waals surface area contributed by atoms with Crippen molar-refractivity contribution in [1.29, 1.82) is 0 Å². The number of rotatable bonds is 5. The Bertz CT molecular complexity index is 1220. The van der Waals surface area contributed by atoms with Gasteiger partial charge in [0.25, 0.3) is 5.91 Å². The maximum absolute atomic E-state index is 13.3. The van der Waals surface area contributed by atoms with E-state index in [9.17, 15) is 14.0 Å². The molecule has 0 atom stereocenters. The number of hydrogen-bond acceptors (Lipinski definition) is 4. The van der Waals surface area contributed by atoms with E-state index in [1.807, 2.05) is 0 Å². The number of para-hydroxylation sites is 1. The number of aromatic amines is 1. The van der Waals surface area contributed by atoms with E-state index in [-0.39, 0.29) is 17.9 Å². The summed E-state index contributed by atoms with van der Waals surface area (Å²) in [4.78, 5) is 26.1. The summed E-state index contributed by atoms with van der Waals surface area (Å²) >= 11 is 7.40. The second-order valence-electron chi connectivity index (χ2n) is 6.20. The molecule has 9 heteroatoms. The first-order valence-corrected chi connectivity index (χ1v) is 9.77. The lowest BCUT2D eigenvalue weighted by Crippen LogP contribution is -2.14. The van der Waals surface area contributed by atoms with Crippen molar-refractivity contribution in [2.75, 3.05) is 10.6 Å². The number of nitrogens with one attached hydrogen (secondary N) is 3. The lowest BCUT2D eigenvalue weighted by molar-refractivity contribution is -0.115. The number of amides is 2. The fraction of sp³-hybridized carbons (Fsp3) is 0.0500. The molecule has 6 nitrogen and oxygen atoms in total. The first-order valence-electron chi connectivity index (χ1n) is 8.57. The highest BCUT2D eigenvalue weighted by Crippen LogP contribution is 2.30. The number of benzene rings is 2. The number of carbonyl (C=O) groups is 2.